The van der Waals surface area contributed by atoms with Gasteiger partial charge in [0.15, 0.2) is 12.7 Å². The molecule has 1 aliphatic rings. The lowest BCUT2D eigenvalue weighted by Gasteiger charge is -2.26. The Morgan fingerprint density at radius 1 is 1.09 bits per heavy atom. The van der Waals surface area contributed by atoms with Crippen LogP contribution >= 0.6 is 0 Å². The van der Waals surface area contributed by atoms with Gasteiger partial charge in [0.1, 0.15) is 5.75 Å². The van der Waals surface area contributed by atoms with Gasteiger partial charge in [-0.15, -0.1) is 0 Å². The number of ether oxygens (including phenoxy) is 3. The van der Waals surface area contributed by atoms with Gasteiger partial charge in [-0.25, -0.2) is 13.2 Å². The number of hydrogen-bond acceptors (Lipinski definition) is 7. The number of para-hydroxylation sites is 1. The minimum Gasteiger partial charge on any atom is -0.482 e. The second-order valence-electron chi connectivity index (χ2n) is 7.22. The number of sulfonamides is 1. The number of anilines is 1. The van der Waals surface area contributed by atoms with Gasteiger partial charge in [-0.05, 0) is 49.7 Å². The number of rotatable bonds is 8. The Bertz CT molecular complexity index is 1050. The number of benzene rings is 2. The van der Waals surface area contributed by atoms with Gasteiger partial charge < -0.3 is 19.5 Å². The van der Waals surface area contributed by atoms with Gasteiger partial charge in [-0.1, -0.05) is 18.2 Å². The van der Waals surface area contributed by atoms with E-state index in [1.165, 1.54) is 35.5 Å². The quantitative estimate of drug-likeness (QED) is 0.597. The number of esters is 1. The minimum atomic E-state index is -3.61. The first-order valence-corrected chi connectivity index (χ1v) is 11.6. The van der Waals surface area contributed by atoms with E-state index >= 15 is 0 Å². The molecule has 1 amide bonds. The van der Waals surface area contributed by atoms with Crippen LogP contribution in [-0.4, -0.2) is 63.6 Å². The molecule has 3 rings (SSSR count). The number of nitrogens with one attached hydrogen (secondary N) is 1. The fraction of sp³-hybridized carbons (Fsp3) is 0.364. The van der Waals surface area contributed by atoms with E-state index in [1.807, 2.05) is 19.1 Å². The number of aryl methyl sites for hydroxylation is 1. The molecule has 10 heteroatoms. The van der Waals surface area contributed by atoms with Crippen LogP contribution in [0.3, 0.4) is 0 Å². The second-order valence-corrected chi connectivity index (χ2v) is 9.15. The Hall–Kier alpha value is -2.95. The van der Waals surface area contributed by atoms with E-state index in [4.69, 9.17) is 14.2 Å². The smallest absolute Gasteiger partial charge is 0.344 e. The SMILES string of the molecule is Cc1ccccc1OCC(=O)OC(C)C(=O)Nc1ccc(S(=O)(=O)N2CCOCC2)cc1. The van der Waals surface area contributed by atoms with Gasteiger partial charge in [0.25, 0.3) is 5.91 Å². The van der Waals surface area contributed by atoms with E-state index in [-0.39, 0.29) is 11.5 Å². The molecule has 1 atom stereocenters. The van der Waals surface area contributed by atoms with Crippen molar-refractivity contribution in [2.45, 2.75) is 24.8 Å². The summed E-state index contributed by atoms with van der Waals surface area (Å²) in [7, 11) is -3.61. The molecule has 2 aromatic carbocycles. The lowest BCUT2D eigenvalue weighted by Crippen LogP contribution is -2.40. The zero-order valence-corrected chi connectivity index (χ0v) is 18.8. The maximum atomic E-state index is 12.6. The summed E-state index contributed by atoms with van der Waals surface area (Å²) in [5, 5.41) is 2.60. The molecule has 172 valence electrons. The Morgan fingerprint density at radius 2 is 1.75 bits per heavy atom. The average molecular weight is 463 g/mol. The molecule has 0 bridgehead atoms. The number of hydrogen-bond donors (Lipinski definition) is 1. The molecule has 1 N–H and O–H groups in total. The molecule has 1 aliphatic heterocycles. The van der Waals surface area contributed by atoms with Gasteiger partial charge in [0.2, 0.25) is 10.0 Å². The predicted octanol–water partition coefficient (Wildman–Crippen LogP) is 1.97. The summed E-state index contributed by atoms with van der Waals surface area (Å²) in [6.45, 7) is 4.30. The highest BCUT2D eigenvalue weighted by Crippen LogP contribution is 2.20. The van der Waals surface area contributed by atoms with E-state index in [0.717, 1.165) is 5.56 Å². The van der Waals surface area contributed by atoms with Crippen LogP contribution in [0.5, 0.6) is 5.75 Å². The second kappa shape index (κ2) is 10.6. The lowest BCUT2D eigenvalue weighted by molar-refractivity contribution is -0.155. The molecule has 9 nitrogen and oxygen atoms in total. The zero-order chi connectivity index (χ0) is 23.1. The van der Waals surface area contributed by atoms with Crippen LogP contribution in [0.2, 0.25) is 0 Å². The third kappa shape index (κ3) is 6.06. The van der Waals surface area contributed by atoms with Crippen LogP contribution < -0.4 is 10.1 Å². The van der Waals surface area contributed by atoms with Crippen molar-refractivity contribution in [3.05, 3.63) is 54.1 Å². The first-order valence-electron chi connectivity index (χ1n) is 10.1. The van der Waals surface area contributed by atoms with Gasteiger partial charge in [0, 0.05) is 18.8 Å². The highest BCUT2D eigenvalue weighted by Gasteiger charge is 2.26. The van der Waals surface area contributed by atoms with Crippen molar-refractivity contribution in [3.8, 4) is 5.75 Å². The number of nitrogens with zero attached hydrogens (tertiary/aromatic N) is 1. The molecule has 2 aromatic rings. The molecule has 1 saturated heterocycles. The van der Waals surface area contributed by atoms with Crippen LogP contribution in [0.25, 0.3) is 0 Å². The van der Waals surface area contributed by atoms with Crippen LogP contribution in [0.4, 0.5) is 5.69 Å². The average Bonchev–Trinajstić information content (AvgIpc) is 2.79. The summed E-state index contributed by atoms with van der Waals surface area (Å²) in [6, 6.07) is 13.1. The first-order chi connectivity index (χ1) is 15.3. The van der Waals surface area contributed by atoms with E-state index in [0.29, 0.717) is 37.7 Å². The van der Waals surface area contributed by atoms with Crippen molar-refractivity contribution in [2.75, 3.05) is 38.2 Å². The van der Waals surface area contributed by atoms with Crippen molar-refractivity contribution < 1.29 is 32.2 Å². The van der Waals surface area contributed by atoms with Crippen LogP contribution in [0.15, 0.2) is 53.4 Å². The Kier molecular flexibility index (Phi) is 7.84. The highest BCUT2D eigenvalue weighted by atomic mass is 32.2. The number of carbonyl (C=O) groups is 2. The topological polar surface area (TPSA) is 111 Å². The molecule has 0 aromatic heterocycles. The Labute approximate surface area is 187 Å². The third-order valence-electron chi connectivity index (χ3n) is 4.85. The molecule has 1 heterocycles. The molecular formula is C22H26N2O7S. The number of carbonyl (C=O) groups excluding carboxylic acids is 2. The van der Waals surface area contributed by atoms with E-state index in [1.54, 1.807) is 12.1 Å². The summed E-state index contributed by atoms with van der Waals surface area (Å²) >= 11 is 0. The molecule has 32 heavy (non-hydrogen) atoms. The first kappa shape index (κ1) is 23.7. The van der Waals surface area contributed by atoms with E-state index in [9.17, 15) is 18.0 Å². The van der Waals surface area contributed by atoms with Gasteiger partial charge in [0.05, 0.1) is 18.1 Å². The largest absolute Gasteiger partial charge is 0.482 e. The molecule has 1 unspecified atom stereocenters. The predicted molar refractivity (Wildman–Crippen MR) is 117 cm³/mol. The monoisotopic (exact) mass is 462 g/mol. The normalized spacial score (nSPS) is 15.6. The van der Waals surface area contributed by atoms with Crippen molar-refractivity contribution in [1.82, 2.24) is 4.31 Å². The maximum Gasteiger partial charge on any atom is 0.344 e. The van der Waals surface area contributed by atoms with Crippen LogP contribution in [-0.2, 0) is 29.1 Å². The zero-order valence-electron chi connectivity index (χ0n) is 17.9. The van der Waals surface area contributed by atoms with Crippen LogP contribution in [0, 0.1) is 6.92 Å². The molecule has 1 fully saturated rings. The Morgan fingerprint density at radius 3 is 2.41 bits per heavy atom. The highest BCUT2D eigenvalue weighted by molar-refractivity contribution is 7.89. The number of amides is 1. The summed E-state index contributed by atoms with van der Waals surface area (Å²) in [4.78, 5) is 24.5. The standard InChI is InChI=1S/C22H26N2O7S/c1-16-5-3-4-6-20(16)30-15-21(25)31-17(2)22(26)23-18-7-9-19(10-8-18)32(27,28)24-11-13-29-14-12-24/h3-10,17H,11-15H2,1-2H3,(H,23,26). The fourth-order valence-electron chi connectivity index (χ4n) is 3.03. The summed E-state index contributed by atoms with van der Waals surface area (Å²) in [6.07, 6.45) is -1.06. The molecule has 0 aliphatic carbocycles. The molecular weight excluding hydrogens is 436 g/mol. The van der Waals surface area contributed by atoms with Crippen molar-refractivity contribution in [1.29, 1.82) is 0 Å². The van der Waals surface area contributed by atoms with Crippen LogP contribution in [0.1, 0.15) is 12.5 Å². The van der Waals surface area contributed by atoms with E-state index in [2.05, 4.69) is 5.32 Å². The van der Waals surface area contributed by atoms with Gasteiger partial charge in [-0.2, -0.15) is 4.31 Å². The van der Waals surface area contributed by atoms with E-state index < -0.39 is 28.0 Å². The summed E-state index contributed by atoms with van der Waals surface area (Å²) in [5.41, 5.74) is 1.26. The van der Waals surface area contributed by atoms with Gasteiger partial charge >= 0.3 is 5.97 Å². The summed E-state index contributed by atoms with van der Waals surface area (Å²) in [5.74, 6) is -0.658. The Balaban J connectivity index is 1.51. The van der Waals surface area contributed by atoms with Crippen molar-refractivity contribution >= 4 is 27.6 Å². The maximum absolute atomic E-state index is 12.6. The fourth-order valence-corrected chi connectivity index (χ4v) is 4.44. The summed E-state index contributed by atoms with van der Waals surface area (Å²) < 4.78 is 42.4. The lowest BCUT2D eigenvalue weighted by atomic mass is 10.2. The third-order valence-corrected chi connectivity index (χ3v) is 6.76. The number of morpholine rings is 1. The molecule has 0 saturated carbocycles. The van der Waals surface area contributed by atoms with Crippen molar-refractivity contribution in [2.24, 2.45) is 0 Å². The molecule has 0 spiro atoms. The molecule has 0 radical (unpaired) electrons. The minimum absolute atomic E-state index is 0.130. The van der Waals surface area contributed by atoms with Gasteiger partial charge in [-0.3, -0.25) is 4.79 Å². The van der Waals surface area contributed by atoms with Crippen molar-refractivity contribution in [3.63, 3.8) is 0 Å².